The van der Waals surface area contributed by atoms with E-state index in [1.165, 1.54) is 26.0 Å². The number of phenolic OH excluding ortho intramolecular Hbond substituents is 1. The second-order valence-electron chi connectivity index (χ2n) is 7.49. The average Bonchev–Trinajstić information content (AvgIpc) is 2.77. The van der Waals surface area contributed by atoms with Crippen LogP contribution in [0.15, 0.2) is 46.3 Å². The summed E-state index contributed by atoms with van der Waals surface area (Å²) in [6, 6.07) is 11.3. The zero-order chi connectivity index (χ0) is 22.8. The van der Waals surface area contributed by atoms with Crippen molar-refractivity contribution in [2.75, 3.05) is 19.5 Å². The fourth-order valence-corrected chi connectivity index (χ4v) is 4.58. The number of aromatic hydroxyl groups is 1. The summed E-state index contributed by atoms with van der Waals surface area (Å²) in [4.78, 5) is 32.8. The Morgan fingerprint density at radius 1 is 1.16 bits per heavy atom. The summed E-state index contributed by atoms with van der Waals surface area (Å²) in [6.45, 7) is 2.02. The third kappa shape index (κ3) is 4.29. The number of carbonyl (C=O) groups is 1. The van der Waals surface area contributed by atoms with Crippen LogP contribution in [-0.4, -0.2) is 35.2 Å². The summed E-state index contributed by atoms with van der Waals surface area (Å²) in [7, 11) is 2.85. The van der Waals surface area contributed by atoms with Crippen molar-refractivity contribution in [3.05, 3.63) is 69.0 Å². The number of ether oxygens (including phenoxy) is 2. The highest BCUT2D eigenvalue weighted by molar-refractivity contribution is 7.98. The second-order valence-corrected chi connectivity index (χ2v) is 8.45. The Hall–Kier alpha value is -3.46. The molecule has 0 saturated heterocycles. The molecule has 0 saturated carbocycles. The number of phenols is 1. The largest absolute Gasteiger partial charge is 0.502 e. The molecule has 2 heterocycles. The molecule has 166 valence electrons. The van der Waals surface area contributed by atoms with E-state index in [0.717, 1.165) is 11.1 Å². The molecule has 0 radical (unpaired) electrons. The zero-order valence-corrected chi connectivity index (χ0v) is 18.7. The lowest BCUT2D eigenvalue weighted by Gasteiger charge is -2.25. The number of amides is 1. The van der Waals surface area contributed by atoms with Crippen LogP contribution in [0, 0.1) is 6.92 Å². The van der Waals surface area contributed by atoms with Crippen LogP contribution in [0.25, 0.3) is 0 Å². The number of nitrogens with zero attached hydrogens (tertiary/aromatic N) is 1. The first-order valence-electron chi connectivity index (χ1n) is 9.97. The number of aromatic nitrogens is 2. The number of benzene rings is 2. The normalized spacial score (nSPS) is 15.1. The number of methoxy groups -OCH3 is 2. The molecule has 9 heteroatoms. The van der Waals surface area contributed by atoms with E-state index in [9.17, 15) is 14.7 Å². The smallest absolute Gasteiger partial charge is 0.257 e. The lowest BCUT2D eigenvalue weighted by Crippen LogP contribution is -2.31. The second kappa shape index (κ2) is 8.96. The molecule has 4 rings (SSSR count). The maximum Gasteiger partial charge on any atom is 0.257 e. The summed E-state index contributed by atoms with van der Waals surface area (Å²) in [5.74, 6) is 0.313. The molecule has 0 aliphatic carbocycles. The van der Waals surface area contributed by atoms with E-state index in [4.69, 9.17) is 9.47 Å². The van der Waals surface area contributed by atoms with Gasteiger partial charge in [0.05, 0.1) is 19.8 Å². The molecule has 1 aliphatic rings. The first-order valence-corrected chi connectivity index (χ1v) is 11.0. The Kier molecular flexibility index (Phi) is 6.09. The maximum absolute atomic E-state index is 13.0. The molecule has 32 heavy (non-hydrogen) atoms. The Labute approximate surface area is 189 Å². The van der Waals surface area contributed by atoms with Gasteiger partial charge >= 0.3 is 0 Å². The van der Waals surface area contributed by atoms with E-state index in [2.05, 4.69) is 21.4 Å². The van der Waals surface area contributed by atoms with Crippen LogP contribution < -0.4 is 20.3 Å². The van der Waals surface area contributed by atoms with Crippen LogP contribution in [0.1, 0.15) is 34.6 Å². The number of aryl methyl sites for hydroxylation is 1. The molecule has 0 fully saturated rings. The summed E-state index contributed by atoms with van der Waals surface area (Å²) < 4.78 is 10.5. The number of thioether (sulfide) groups is 1. The number of fused-ring (bicyclic) bond motifs is 1. The van der Waals surface area contributed by atoms with Gasteiger partial charge in [0.25, 0.3) is 5.56 Å². The van der Waals surface area contributed by atoms with Crippen molar-refractivity contribution in [3.8, 4) is 17.2 Å². The van der Waals surface area contributed by atoms with Crippen LogP contribution in [0.2, 0.25) is 0 Å². The number of aromatic amines is 1. The monoisotopic (exact) mass is 453 g/mol. The van der Waals surface area contributed by atoms with E-state index in [1.54, 1.807) is 12.1 Å². The zero-order valence-electron chi connectivity index (χ0n) is 17.9. The van der Waals surface area contributed by atoms with Crippen LogP contribution in [0.4, 0.5) is 5.82 Å². The van der Waals surface area contributed by atoms with E-state index in [0.29, 0.717) is 22.0 Å². The minimum Gasteiger partial charge on any atom is -0.502 e. The topological polar surface area (TPSA) is 114 Å². The standard InChI is InChI=1S/C23H23N3O5S/c1-12-5-4-6-13(7-12)11-32-23-25-21-19(22(29)26-23)15(10-18(27)24-21)14-8-16(30-2)20(28)17(9-14)31-3/h4-9,15,28H,10-11H2,1-3H3,(H2,24,25,26,27,29)/t15-/m1/s1. The fraction of sp³-hybridized carbons (Fsp3) is 0.261. The van der Waals surface area contributed by atoms with Crippen molar-refractivity contribution in [2.24, 2.45) is 0 Å². The molecular formula is C23H23N3O5S. The Morgan fingerprint density at radius 2 is 1.88 bits per heavy atom. The van der Waals surface area contributed by atoms with E-state index in [1.807, 2.05) is 25.1 Å². The van der Waals surface area contributed by atoms with Gasteiger partial charge in [-0.3, -0.25) is 9.59 Å². The van der Waals surface area contributed by atoms with Crippen molar-refractivity contribution in [3.63, 3.8) is 0 Å². The van der Waals surface area contributed by atoms with Gasteiger partial charge in [-0.25, -0.2) is 4.98 Å². The third-order valence-corrected chi connectivity index (χ3v) is 6.24. The molecule has 1 aliphatic heterocycles. The molecule has 0 unspecified atom stereocenters. The third-order valence-electron chi connectivity index (χ3n) is 5.29. The number of H-pyrrole nitrogens is 1. The lowest BCUT2D eigenvalue weighted by atomic mass is 9.86. The minimum atomic E-state index is -0.561. The molecule has 3 aromatic rings. The number of hydrogen-bond donors (Lipinski definition) is 3. The first kappa shape index (κ1) is 21.8. The summed E-state index contributed by atoms with van der Waals surface area (Å²) in [5.41, 5.74) is 2.92. The maximum atomic E-state index is 13.0. The summed E-state index contributed by atoms with van der Waals surface area (Å²) in [5, 5.41) is 13.4. The molecule has 8 nitrogen and oxygen atoms in total. The van der Waals surface area contributed by atoms with Gasteiger partial charge in [0.2, 0.25) is 11.7 Å². The number of anilines is 1. The number of nitrogens with one attached hydrogen (secondary N) is 2. The van der Waals surface area contributed by atoms with Gasteiger partial charge in [-0.2, -0.15) is 0 Å². The van der Waals surface area contributed by atoms with Crippen molar-refractivity contribution < 1.29 is 19.4 Å². The molecule has 1 atom stereocenters. The Balaban J connectivity index is 1.70. The predicted molar refractivity (Wildman–Crippen MR) is 122 cm³/mol. The van der Waals surface area contributed by atoms with Gasteiger partial charge < -0.3 is 24.9 Å². The van der Waals surface area contributed by atoms with Crippen molar-refractivity contribution in [1.82, 2.24) is 9.97 Å². The van der Waals surface area contributed by atoms with Gasteiger partial charge in [-0.15, -0.1) is 0 Å². The summed E-state index contributed by atoms with van der Waals surface area (Å²) >= 11 is 1.39. The fourth-order valence-electron chi connectivity index (χ4n) is 3.77. The average molecular weight is 454 g/mol. The van der Waals surface area contributed by atoms with Crippen molar-refractivity contribution >= 4 is 23.5 Å². The van der Waals surface area contributed by atoms with Gasteiger partial charge in [0, 0.05) is 18.1 Å². The van der Waals surface area contributed by atoms with Crippen LogP contribution in [-0.2, 0) is 10.5 Å². The van der Waals surface area contributed by atoms with E-state index in [-0.39, 0.29) is 41.0 Å². The van der Waals surface area contributed by atoms with Gasteiger partial charge in [-0.05, 0) is 30.2 Å². The molecule has 2 aromatic carbocycles. The SMILES string of the molecule is COc1cc([C@H]2CC(=O)Nc3nc(SCc4cccc(C)c4)[nH]c(=O)c32)cc(OC)c1O. The quantitative estimate of drug-likeness (QED) is 0.386. The van der Waals surface area contributed by atoms with Gasteiger partial charge in [0.1, 0.15) is 5.82 Å². The van der Waals surface area contributed by atoms with E-state index >= 15 is 0 Å². The molecule has 1 aromatic heterocycles. The Morgan fingerprint density at radius 3 is 2.53 bits per heavy atom. The molecule has 3 N–H and O–H groups in total. The lowest BCUT2D eigenvalue weighted by molar-refractivity contribution is -0.116. The number of rotatable bonds is 6. The summed E-state index contributed by atoms with van der Waals surface area (Å²) in [6.07, 6.45) is 0.0601. The highest BCUT2D eigenvalue weighted by Gasteiger charge is 2.32. The highest BCUT2D eigenvalue weighted by Crippen LogP contribution is 2.43. The van der Waals surface area contributed by atoms with Crippen molar-refractivity contribution in [2.45, 2.75) is 30.2 Å². The first-order chi connectivity index (χ1) is 15.4. The number of hydrogen-bond acceptors (Lipinski definition) is 7. The Bertz CT molecular complexity index is 1220. The molecule has 0 spiro atoms. The molecule has 1 amide bonds. The van der Waals surface area contributed by atoms with E-state index < -0.39 is 5.92 Å². The van der Waals surface area contributed by atoms with Crippen molar-refractivity contribution in [1.29, 1.82) is 0 Å². The van der Waals surface area contributed by atoms with Gasteiger partial charge in [-0.1, -0.05) is 41.6 Å². The van der Waals surface area contributed by atoms with Gasteiger partial charge in [0.15, 0.2) is 16.7 Å². The minimum absolute atomic E-state index is 0.0601. The predicted octanol–water partition coefficient (Wildman–Crippen LogP) is 3.57. The van der Waals surface area contributed by atoms with Crippen LogP contribution in [0.5, 0.6) is 17.2 Å². The highest BCUT2D eigenvalue weighted by atomic mass is 32.2. The van der Waals surface area contributed by atoms with Crippen LogP contribution >= 0.6 is 11.8 Å². The molecule has 0 bridgehead atoms. The molecular weight excluding hydrogens is 430 g/mol. The van der Waals surface area contributed by atoms with Crippen LogP contribution in [0.3, 0.4) is 0 Å². The number of carbonyl (C=O) groups excluding carboxylic acids is 1.